The van der Waals surface area contributed by atoms with Crippen LogP contribution in [-0.4, -0.2) is 22.0 Å². The van der Waals surface area contributed by atoms with Gasteiger partial charge in [-0.3, -0.25) is 9.59 Å². The number of nitrogens with zero attached hydrogens (tertiary/aromatic N) is 1. The topological polar surface area (TPSA) is 79.3 Å². The van der Waals surface area contributed by atoms with Crippen LogP contribution in [0.2, 0.25) is 0 Å². The molecule has 5 nitrogen and oxygen atoms in total. The van der Waals surface area contributed by atoms with Crippen molar-refractivity contribution in [3.05, 3.63) is 11.1 Å². The van der Waals surface area contributed by atoms with Gasteiger partial charge in [0.1, 0.15) is 5.41 Å². The molecule has 1 heterocycles. The summed E-state index contributed by atoms with van der Waals surface area (Å²) in [6, 6.07) is 0. The lowest BCUT2D eigenvalue weighted by Crippen LogP contribution is -2.31. The SMILES string of the molecule is CC(C)(C)c1csc(NC(=O)C2(C(=O)O)CC2)n1. The third kappa shape index (κ3) is 2.25. The zero-order chi connectivity index (χ0) is 13.6. The Balaban J connectivity index is 2.09. The van der Waals surface area contributed by atoms with Crippen molar-refractivity contribution in [1.29, 1.82) is 0 Å². The zero-order valence-electron chi connectivity index (χ0n) is 10.6. The average Bonchev–Trinajstić information content (AvgIpc) is 2.92. The number of anilines is 1. The van der Waals surface area contributed by atoms with Crippen molar-refractivity contribution in [2.75, 3.05) is 5.32 Å². The van der Waals surface area contributed by atoms with Gasteiger partial charge in [0.2, 0.25) is 5.91 Å². The minimum absolute atomic E-state index is 0.0798. The lowest BCUT2D eigenvalue weighted by molar-refractivity contribution is -0.147. The number of rotatable bonds is 3. The highest BCUT2D eigenvalue weighted by Gasteiger charge is 2.57. The van der Waals surface area contributed by atoms with Gasteiger partial charge in [-0.25, -0.2) is 4.98 Å². The summed E-state index contributed by atoms with van der Waals surface area (Å²) in [5, 5.41) is 14.0. The van der Waals surface area contributed by atoms with Gasteiger partial charge in [0.05, 0.1) is 5.69 Å². The Labute approximate surface area is 109 Å². The minimum Gasteiger partial charge on any atom is -0.480 e. The Hall–Kier alpha value is -1.43. The van der Waals surface area contributed by atoms with E-state index in [1.54, 1.807) is 0 Å². The first kappa shape index (κ1) is 13.0. The first-order chi connectivity index (χ1) is 8.25. The van der Waals surface area contributed by atoms with E-state index in [0.717, 1.165) is 5.69 Å². The highest BCUT2D eigenvalue weighted by atomic mass is 32.1. The molecule has 0 saturated heterocycles. The molecule has 0 spiro atoms. The molecule has 0 bridgehead atoms. The Morgan fingerprint density at radius 2 is 2.06 bits per heavy atom. The van der Waals surface area contributed by atoms with Gasteiger partial charge in [-0.15, -0.1) is 11.3 Å². The summed E-state index contributed by atoms with van der Waals surface area (Å²) in [4.78, 5) is 27.2. The van der Waals surface area contributed by atoms with Gasteiger partial charge in [-0.05, 0) is 12.8 Å². The molecule has 0 radical (unpaired) electrons. The summed E-state index contributed by atoms with van der Waals surface area (Å²) < 4.78 is 0. The van der Waals surface area contributed by atoms with Crippen LogP contribution in [0.15, 0.2) is 5.38 Å². The third-order valence-electron chi connectivity index (χ3n) is 3.09. The Kier molecular flexibility index (Phi) is 2.93. The number of hydrogen-bond acceptors (Lipinski definition) is 4. The fourth-order valence-electron chi connectivity index (χ4n) is 1.56. The van der Waals surface area contributed by atoms with E-state index < -0.39 is 17.3 Å². The maximum atomic E-state index is 11.9. The Morgan fingerprint density at radius 3 is 2.44 bits per heavy atom. The second-order valence-corrected chi connectivity index (χ2v) is 6.49. The Morgan fingerprint density at radius 1 is 1.44 bits per heavy atom. The first-order valence-electron chi connectivity index (χ1n) is 5.76. The van der Waals surface area contributed by atoms with Crippen LogP contribution in [0.25, 0.3) is 0 Å². The van der Waals surface area contributed by atoms with Crippen molar-refractivity contribution in [3.8, 4) is 0 Å². The number of carboxylic acids is 1. The molecule has 2 rings (SSSR count). The number of aromatic nitrogens is 1. The van der Waals surface area contributed by atoms with Gasteiger partial charge in [0.15, 0.2) is 5.13 Å². The molecular formula is C12H16N2O3S. The van der Waals surface area contributed by atoms with Crippen molar-refractivity contribution in [1.82, 2.24) is 4.98 Å². The van der Waals surface area contributed by atoms with Crippen molar-refractivity contribution in [2.24, 2.45) is 5.41 Å². The number of carbonyl (C=O) groups is 2. The van der Waals surface area contributed by atoms with Gasteiger partial charge in [-0.2, -0.15) is 0 Å². The van der Waals surface area contributed by atoms with Gasteiger partial charge in [0, 0.05) is 10.8 Å². The fraction of sp³-hybridized carbons (Fsp3) is 0.583. The molecule has 1 fully saturated rings. The maximum absolute atomic E-state index is 11.9. The van der Waals surface area contributed by atoms with E-state index in [4.69, 9.17) is 5.11 Å². The summed E-state index contributed by atoms with van der Waals surface area (Å²) in [7, 11) is 0. The van der Waals surface area contributed by atoms with E-state index in [-0.39, 0.29) is 5.41 Å². The lowest BCUT2D eigenvalue weighted by atomic mass is 9.93. The zero-order valence-corrected chi connectivity index (χ0v) is 11.4. The minimum atomic E-state index is -1.21. The summed E-state index contributed by atoms with van der Waals surface area (Å²) in [5.74, 6) is -1.50. The highest BCUT2D eigenvalue weighted by Crippen LogP contribution is 2.46. The van der Waals surface area contributed by atoms with Crippen molar-refractivity contribution < 1.29 is 14.7 Å². The van der Waals surface area contributed by atoms with Crippen LogP contribution >= 0.6 is 11.3 Å². The average molecular weight is 268 g/mol. The normalized spacial score (nSPS) is 17.3. The molecule has 98 valence electrons. The number of amides is 1. The summed E-state index contributed by atoms with van der Waals surface area (Å²) in [6.45, 7) is 6.11. The molecule has 0 unspecified atom stereocenters. The smallest absolute Gasteiger partial charge is 0.319 e. The largest absolute Gasteiger partial charge is 0.480 e. The number of nitrogens with one attached hydrogen (secondary N) is 1. The lowest BCUT2D eigenvalue weighted by Gasteiger charge is -2.14. The standard InChI is InChI=1S/C12H16N2O3S/c1-11(2,3)7-6-18-10(13-7)14-8(15)12(4-5-12)9(16)17/h6H,4-5H2,1-3H3,(H,16,17)(H,13,14,15). The van der Waals surface area contributed by atoms with Crippen LogP contribution in [-0.2, 0) is 15.0 Å². The van der Waals surface area contributed by atoms with Gasteiger partial charge >= 0.3 is 5.97 Å². The molecule has 1 saturated carbocycles. The molecule has 6 heteroatoms. The molecule has 1 aromatic heterocycles. The van der Waals surface area contributed by atoms with Crippen LogP contribution < -0.4 is 5.32 Å². The number of carbonyl (C=O) groups excluding carboxylic acids is 1. The fourth-order valence-corrected chi connectivity index (χ4v) is 2.49. The van der Waals surface area contributed by atoms with E-state index >= 15 is 0 Å². The van der Waals surface area contributed by atoms with Crippen molar-refractivity contribution >= 4 is 28.3 Å². The molecule has 0 atom stereocenters. The molecule has 1 amide bonds. The van der Waals surface area contributed by atoms with E-state index in [2.05, 4.69) is 10.3 Å². The van der Waals surface area contributed by atoms with Crippen LogP contribution in [0.5, 0.6) is 0 Å². The molecule has 1 aliphatic carbocycles. The summed E-state index contributed by atoms with van der Waals surface area (Å²) in [6.07, 6.45) is 0.817. The second-order valence-electron chi connectivity index (χ2n) is 5.63. The highest BCUT2D eigenvalue weighted by molar-refractivity contribution is 7.14. The molecule has 0 aliphatic heterocycles. The monoisotopic (exact) mass is 268 g/mol. The molecule has 2 N–H and O–H groups in total. The van der Waals surface area contributed by atoms with E-state index in [0.29, 0.717) is 18.0 Å². The number of hydrogen-bond donors (Lipinski definition) is 2. The maximum Gasteiger partial charge on any atom is 0.319 e. The second kappa shape index (κ2) is 4.05. The van der Waals surface area contributed by atoms with Crippen LogP contribution in [0, 0.1) is 5.41 Å². The van der Waals surface area contributed by atoms with Crippen LogP contribution in [0.1, 0.15) is 39.3 Å². The van der Waals surface area contributed by atoms with Crippen LogP contribution in [0.4, 0.5) is 5.13 Å². The first-order valence-corrected chi connectivity index (χ1v) is 6.64. The van der Waals surface area contributed by atoms with Gasteiger partial charge < -0.3 is 10.4 Å². The molecule has 1 aliphatic rings. The molecule has 18 heavy (non-hydrogen) atoms. The third-order valence-corrected chi connectivity index (χ3v) is 3.84. The number of aliphatic carboxylic acids is 1. The van der Waals surface area contributed by atoms with Crippen molar-refractivity contribution in [2.45, 2.75) is 39.0 Å². The van der Waals surface area contributed by atoms with E-state index in [9.17, 15) is 9.59 Å². The van der Waals surface area contributed by atoms with E-state index in [1.165, 1.54) is 11.3 Å². The number of carboxylic acid groups (broad SMARTS) is 1. The van der Waals surface area contributed by atoms with Crippen molar-refractivity contribution in [3.63, 3.8) is 0 Å². The van der Waals surface area contributed by atoms with E-state index in [1.807, 2.05) is 26.2 Å². The summed E-state index contributed by atoms with van der Waals surface area (Å²) >= 11 is 1.32. The van der Waals surface area contributed by atoms with Gasteiger partial charge in [0.25, 0.3) is 0 Å². The molecular weight excluding hydrogens is 252 g/mol. The Bertz CT molecular complexity index is 498. The predicted molar refractivity (Wildman–Crippen MR) is 68.7 cm³/mol. The van der Waals surface area contributed by atoms with Gasteiger partial charge in [-0.1, -0.05) is 20.8 Å². The number of thiazole rings is 1. The predicted octanol–water partition coefficient (Wildman–Crippen LogP) is 2.24. The quantitative estimate of drug-likeness (QED) is 0.824. The molecule has 1 aromatic rings. The van der Waals surface area contributed by atoms with Crippen LogP contribution in [0.3, 0.4) is 0 Å². The molecule has 0 aromatic carbocycles. The summed E-state index contributed by atoms with van der Waals surface area (Å²) in [5.41, 5.74) is -0.403.